The maximum absolute atomic E-state index is 13.4. The Labute approximate surface area is 177 Å². The summed E-state index contributed by atoms with van der Waals surface area (Å²) in [7, 11) is -0.719. The summed E-state index contributed by atoms with van der Waals surface area (Å²) in [6.07, 6.45) is 2.67. The van der Waals surface area contributed by atoms with Crippen LogP contribution in [0.25, 0.3) is 0 Å². The second kappa shape index (κ2) is 8.16. The SMILES string of the molecule is CN(C)S(=O)(=O)c1ccc2c(c1)N(CC(=O)N1CCOCC1)C(=O)C1CCCCN21. The van der Waals surface area contributed by atoms with Gasteiger partial charge in [0.25, 0.3) is 0 Å². The number of ether oxygens (including phenoxy) is 1. The van der Waals surface area contributed by atoms with Gasteiger partial charge in [0.15, 0.2) is 0 Å². The molecular weight excluding hydrogens is 408 g/mol. The molecule has 3 aliphatic rings. The number of nitrogens with zero attached hydrogens (tertiary/aromatic N) is 4. The number of anilines is 2. The zero-order valence-corrected chi connectivity index (χ0v) is 18.2. The predicted octanol–water partition coefficient (Wildman–Crippen LogP) is 0.501. The van der Waals surface area contributed by atoms with Crippen LogP contribution in [0.5, 0.6) is 0 Å². The highest BCUT2D eigenvalue weighted by Gasteiger charge is 2.41. The maximum atomic E-state index is 13.4. The van der Waals surface area contributed by atoms with Gasteiger partial charge in [-0.1, -0.05) is 0 Å². The average molecular weight is 437 g/mol. The lowest BCUT2D eigenvalue weighted by Crippen LogP contribution is -2.57. The molecular formula is C20H28N4O5S. The molecule has 2 fully saturated rings. The van der Waals surface area contributed by atoms with Crippen molar-refractivity contribution in [3.63, 3.8) is 0 Å². The number of sulfonamides is 1. The van der Waals surface area contributed by atoms with Crippen molar-refractivity contribution in [2.75, 3.05) is 63.3 Å². The third kappa shape index (κ3) is 3.67. The molecule has 4 rings (SSSR count). The van der Waals surface area contributed by atoms with Gasteiger partial charge in [-0.2, -0.15) is 0 Å². The fourth-order valence-electron chi connectivity index (χ4n) is 4.32. The standard InChI is InChI=1S/C20H28N4O5S/c1-21(2)30(27,28)15-6-7-16-18(13-15)24(14-19(25)22-9-11-29-12-10-22)20(26)17-5-3-4-8-23(16)17/h6-7,13,17H,3-5,8-12,14H2,1-2H3. The molecule has 0 saturated carbocycles. The lowest BCUT2D eigenvalue weighted by atomic mass is 9.96. The molecule has 3 heterocycles. The van der Waals surface area contributed by atoms with Crippen LogP contribution in [0.2, 0.25) is 0 Å². The van der Waals surface area contributed by atoms with E-state index in [1.165, 1.54) is 25.1 Å². The molecule has 0 aromatic heterocycles. The van der Waals surface area contributed by atoms with Crippen molar-refractivity contribution in [3.05, 3.63) is 18.2 Å². The molecule has 0 spiro atoms. The Bertz CT molecular complexity index is 943. The summed E-state index contributed by atoms with van der Waals surface area (Å²) in [5.41, 5.74) is 1.30. The van der Waals surface area contributed by atoms with Gasteiger partial charge in [0.2, 0.25) is 21.8 Å². The number of benzene rings is 1. The van der Waals surface area contributed by atoms with Gasteiger partial charge >= 0.3 is 0 Å². The number of carbonyl (C=O) groups excluding carboxylic acids is 2. The van der Waals surface area contributed by atoms with E-state index < -0.39 is 10.0 Å². The first-order valence-electron chi connectivity index (χ1n) is 10.3. The summed E-state index contributed by atoms with van der Waals surface area (Å²) in [6.45, 7) is 2.61. The van der Waals surface area contributed by atoms with E-state index in [1.807, 2.05) is 0 Å². The lowest BCUT2D eigenvalue weighted by Gasteiger charge is -2.45. The van der Waals surface area contributed by atoms with Crippen LogP contribution in [0.15, 0.2) is 23.1 Å². The van der Waals surface area contributed by atoms with Gasteiger partial charge in [-0.15, -0.1) is 0 Å². The highest BCUT2D eigenvalue weighted by molar-refractivity contribution is 7.89. The number of hydrogen-bond acceptors (Lipinski definition) is 6. The van der Waals surface area contributed by atoms with Crippen molar-refractivity contribution < 1.29 is 22.7 Å². The molecule has 164 valence electrons. The van der Waals surface area contributed by atoms with Crippen molar-refractivity contribution >= 4 is 33.2 Å². The molecule has 2 saturated heterocycles. The summed E-state index contributed by atoms with van der Waals surface area (Å²) in [4.78, 5) is 31.6. The molecule has 0 aliphatic carbocycles. The fraction of sp³-hybridized carbons (Fsp3) is 0.600. The van der Waals surface area contributed by atoms with Crippen LogP contribution in [-0.4, -0.2) is 89.0 Å². The van der Waals surface area contributed by atoms with E-state index in [0.717, 1.165) is 35.8 Å². The number of hydrogen-bond donors (Lipinski definition) is 0. The molecule has 1 atom stereocenters. The van der Waals surface area contributed by atoms with Crippen molar-refractivity contribution in [3.8, 4) is 0 Å². The highest BCUT2D eigenvalue weighted by Crippen LogP contribution is 2.40. The van der Waals surface area contributed by atoms with Crippen molar-refractivity contribution in [1.82, 2.24) is 9.21 Å². The predicted molar refractivity (Wildman–Crippen MR) is 112 cm³/mol. The third-order valence-electron chi connectivity index (χ3n) is 6.04. The van der Waals surface area contributed by atoms with Gasteiger partial charge in [0.05, 0.1) is 29.5 Å². The molecule has 1 aromatic carbocycles. The van der Waals surface area contributed by atoms with Gasteiger partial charge in [-0.05, 0) is 37.5 Å². The number of amides is 2. The molecule has 9 nitrogen and oxygen atoms in total. The van der Waals surface area contributed by atoms with Crippen LogP contribution in [0.3, 0.4) is 0 Å². The molecule has 10 heteroatoms. The number of rotatable bonds is 4. The largest absolute Gasteiger partial charge is 0.378 e. The number of carbonyl (C=O) groups is 2. The first-order chi connectivity index (χ1) is 14.3. The molecule has 2 amide bonds. The van der Waals surface area contributed by atoms with E-state index >= 15 is 0 Å². The zero-order chi connectivity index (χ0) is 21.5. The van der Waals surface area contributed by atoms with Gasteiger partial charge in [-0.3, -0.25) is 14.5 Å². The van der Waals surface area contributed by atoms with Gasteiger partial charge in [-0.25, -0.2) is 12.7 Å². The van der Waals surface area contributed by atoms with E-state index in [1.54, 1.807) is 17.0 Å². The summed E-state index contributed by atoms with van der Waals surface area (Å²) in [5.74, 6) is -0.286. The number of fused-ring (bicyclic) bond motifs is 3. The molecule has 1 aromatic rings. The molecule has 30 heavy (non-hydrogen) atoms. The van der Waals surface area contributed by atoms with Crippen molar-refractivity contribution in [1.29, 1.82) is 0 Å². The topological polar surface area (TPSA) is 90.5 Å². The second-order valence-electron chi connectivity index (χ2n) is 8.06. The minimum atomic E-state index is -3.66. The Morgan fingerprint density at radius 2 is 1.87 bits per heavy atom. The van der Waals surface area contributed by atoms with E-state index in [9.17, 15) is 18.0 Å². The highest BCUT2D eigenvalue weighted by atomic mass is 32.2. The number of piperidine rings is 1. The third-order valence-corrected chi connectivity index (χ3v) is 7.85. The van der Waals surface area contributed by atoms with Crippen LogP contribution in [-0.2, 0) is 24.3 Å². The Balaban J connectivity index is 1.73. The molecule has 1 unspecified atom stereocenters. The summed E-state index contributed by atoms with van der Waals surface area (Å²) in [6, 6.07) is 4.57. The monoisotopic (exact) mass is 436 g/mol. The number of morpholine rings is 1. The molecule has 0 bridgehead atoms. The van der Waals surface area contributed by atoms with E-state index in [-0.39, 0.29) is 29.3 Å². The summed E-state index contributed by atoms with van der Waals surface area (Å²) < 4.78 is 31.8. The first-order valence-corrected chi connectivity index (χ1v) is 11.7. The Hall–Kier alpha value is -2.17. The van der Waals surface area contributed by atoms with E-state index in [0.29, 0.717) is 32.0 Å². The lowest BCUT2D eigenvalue weighted by molar-refractivity contribution is -0.135. The molecule has 0 radical (unpaired) electrons. The first kappa shape index (κ1) is 21.1. The normalized spacial score (nSPS) is 22.2. The second-order valence-corrected chi connectivity index (χ2v) is 10.2. The molecule has 3 aliphatic heterocycles. The summed E-state index contributed by atoms with van der Waals surface area (Å²) >= 11 is 0. The smallest absolute Gasteiger partial charge is 0.250 e. The summed E-state index contributed by atoms with van der Waals surface area (Å²) in [5, 5.41) is 0. The Morgan fingerprint density at radius 1 is 1.13 bits per heavy atom. The van der Waals surface area contributed by atoms with Gasteiger partial charge < -0.3 is 14.5 Å². The van der Waals surface area contributed by atoms with Crippen LogP contribution >= 0.6 is 0 Å². The minimum absolute atomic E-state index is 0.0956. The average Bonchev–Trinajstić information content (AvgIpc) is 2.76. The van der Waals surface area contributed by atoms with Crippen LogP contribution < -0.4 is 9.80 Å². The fourth-order valence-corrected chi connectivity index (χ4v) is 5.24. The van der Waals surface area contributed by atoms with E-state index in [2.05, 4.69) is 4.90 Å². The quantitative estimate of drug-likeness (QED) is 0.683. The van der Waals surface area contributed by atoms with Crippen molar-refractivity contribution in [2.45, 2.75) is 30.2 Å². The van der Waals surface area contributed by atoms with Crippen LogP contribution in [0.4, 0.5) is 11.4 Å². The minimum Gasteiger partial charge on any atom is -0.378 e. The van der Waals surface area contributed by atoms with Gasteiger partial charge in [0.1, 0.15) is 12.6 Å². The Morgan fingerprint density at radius 3 is 2.57 bits per heavy atom. The van der Waals surface area contributed by atoms with Crippen LogP contribution in [0.1, 0.15) is 19.3 Å². The Kier molecular flexibility index (Phi) is 5.73. The maximum Gasteiger partial charge on any atom is 0.250 e. The zero-order valence-electron chi connectivity index (χ0n) is 17.4. The van der Waals surface area contributed by atoms with Crippen molar-refractivity contribution in [2.24, 2.45) is 0 Å². The van der Waals surface area contributed by atoms with E-state index in [4.69, 9.17) is 4.74 Å². The molecule has 0 N–H and O–H groups in total. The van der Waals surface area contributed by atoms with Gasteiger partial charge in [0, 0.05) is 33.7 Å². The van der Waals surface area contributed by atoms with Crippen LogP contribution in [0, 0.1) is 0 Å².